The SMILES string of the molecule is C=C(C)[C@]12C[C@@H](C)[C@@]34O[C@](Cc5ccccc5)(O[C@@H]1[C@H]3C=C(COC(=O)Cc1cc(O)cc(OC)c1)C[C@]1(O)C(=O)C(C)=C[C@@H]41)O2. The van der Waals surface area contributed by atoms with E-state index in [0.29, 0.717) is 35.3 Å². The van der Waals surface area contributed by atoms with Gasteiger partial charge in [0.15, 0.2) is 5.78 Å². The number of phenols is 1. The molecule has 2 N–H and O–H groups in total. The van der Waals surface area contributed by atoms with Crippen molar-refractivity contribution in [1.29, 1.82) is 0 Å². The van der Waals surface area contributed by atoms with Gasteiger partial charge in [0, 0.05) is 24.3 Å². The van der Waals surface area contributed by atoms with Crippen LogP contribution >= 0.6 is 0 Å². The van der Waals surface area contributed by atoms with Crippen LogP contribution in [0.4, 0.5) is 0 Å². The Hall–Kier alpha value is -3.76. The fraction of sp³-hybridized carbons (Fsp3) is 0.459. The Bertz CT molecular complexity index is 1680. The van der Waals surface area contributed by atoms with Crippen LogP contribution in [0.1, 0.15) is 44.7 Å². The lowest BCUT2D eigenvalue weighted by Crippen LogP contribution is -2.70. The van der Waals surface area contributed by atoms with Crippen molar-refractivity contribution in [2.75, 3.05) is 13.7 Å². The third-order valence-corrected chi connectivity index (χ3v) is 10.7. The average Bonchev–Trinajstić information content (AvgIpc) is 3.31. The Morgan fingerprint density at radius 2 is 1.87 bits per heavy atom. The normalized spacial score (nSPS) is 37.1. The molecular weight excluding hydrogens is 588 g/mol. The van der Waals surface area contributed by atoms with E-state index in [0.717, 1.165) is 11.1 Å². The lowest BCUT2D eigenvalue weighted by Gasteiger charge is -2.59. The number of phenolic OH excluding ortho intramolecular Hbond substituents is 1. The Kier molecular flexibility index (Phi) is 7.14. The second-order valence-electron chi connectivity index (χ2n) is 13.7. The van der Waals surface area contributed by atoms with Crippen molar-refractivity contribution in [2.45, 2.75) is 75.3 Å². The summed E-state index contributed by atoms with van der Waals surface area (Å²) < 4.78 is 31.8. The minimum absolute atomic E-state index is 0.0226. The van der Waals surface area contributed by atoms with Gasteiger partial charge in [-0.25, -0.2) is 0 Å². The Morgan fingerprint density at radius 3 is 2.59 bits per heavy atom. The molecule has 0 unspecified atom stereocenters. The van der Waals surface area contributed by atoms with E-state index in [1.165, 1.54) is 19.2 Å². The minimum atomic E-state index is -1.81. The van der Waals surface area contributed by atoms with E-state index in [9.17, 15) is 19.8 Å². The maximum Gasteiger partial charge on any atom is 0.310 e. The molecule has 3 aliphatic carbocycles. The van der Waals surface area contributed by atoms with Gasteiger partial charge < -0.3 is 33.9 Å². The second-order valence-corrected chi connectivity index (χ2v) is 13.7. The first-order valence-corrected chi connectivity index (χ1v) is 15.8. The summed E-state index contributed by atoms with van der Waals surface area (Å²) in [5, 5.41) is 22.4. The summed E-state index contributed by atoms with van der Waals surface area (Å²) in [4.78, 5) is 26.8. The Morgan fingerprint density at radius 1 is 1.11 bits per heavy atom. The Labute approximate surface area is 268 Å². The highest BCUT2D eigenvalue weighted by Gasteiger charge is 2.79. The molecule has 3 fully saturated rings. The minimum Gasteiger partial charge on any atom is -0.508 e. The molecule has 3 bridgehead atoms. The number of Topliss-reactive ketones (excluding diaryl/α,β-unsaturated/α-hetero) is 1. The summed E-state index contributed by atoms with van der Waals surface area (Å²) in [7, 11) is 1.48. The summed E-state index contributed by atoms with van der Waals surface area (Å²) in [6.45, 7) is 9.96. The molecule has 1 saturated carbocycles. The van der Waals surface area contributed by atoms with Crippen molar-refractivity contribution in [3.05, 3.63) is 95.1 Å². The standard InChI is InChI=1S/C37H40O9/c1-21(2)35-17-23(4)37-29(33(35)44-36(45-35,46-37)19-24-9-7-6-8-10-24)14-26(18-34(41)30(37)11-22(3)32(34)40)20-43-31(39)15-25-12-27(38)16-28(13-25)42-5/h6-14,16,23,29-30,33,38,41H,1,15,17-20H2,2-5H3/t23-,29-,30-,33-,34-,35-,36-,37-/m1/s1. The topological polar surface area (TPSA) is 121 Å². The van der Waals surface area contributed by atoms with E-state index in [1.54, 1.807) is 13.0 Å². The van der Waals surface area contributed by atoms with E-state index in [1.807, 2.05) is 49.4 Å². The van der Waals surface area contributed by atoms with Crippen LogP contribution in [0.2, 0.25) is 0 Å². The monoisotopic (exact) mass is 628 g/mol. The summed E-state index contributed by atoms with van der Waals surface area (Å²) in [6, 6.07) is 14.4. The fourth-order valence-electron chi connectivity index (χ4n) is 8.74. The number of aliphatic hydroxyl groups is 1. The molecule has 2 heterocycles. The van der Waals surface area contributed by atoms with E-state index in [2.05, 4.69) is 13.5 Å². The van der Waals surface area contributed by atoms with Gasteiger partial charge in [-0.1, -0.05) is 56.0 Å². The first-order valence-electron chi connectivity index (χ1n) is 15.8. The van der Waals surface area contributed by atoms with Crippen LogP contribution < -0.4 is 4.74 Å². The zero-order chi connectivity index (χ0) is 32.6. The van der Waals surface area contributed by atoms with Crippen molar-refractivity contribution in [1.82, 2.24) is 0 Å². The number of esters is 1. The van der Waals surface area contributed by atoms with Gasteiger partial charge in [0.25, 0.3) is 5.97 Å². The molecule has 2 aromatic rings. The number of carbonyl (C=O) groups is 2. The van der Waals surface area contributed by atoms with Gasteiger partial charge in [-0.3, -0.25) is 9.59 Å². The summed E-state index contributed by atoms with van der Waals surface area (Å²) in [5.41, 5.74) is -0.353. The van der Waals surface area contributed by atoms with Gasteiger partial charge in [0.05, 0.1) is 25.6 Å². The van der Waals surface area contributed by atoms with Gasteiger partial charge >= 0.3 is 5.97 Å². The zero-order valence-corrected chi connectivity index (χ0v) is 26.6. The average molecular weight is 629 g/mol. The number of rotatable bonds is 8. The second kappa shape index (κ2) is 10.6. The lowest BCUT2D eigenvalue weighted by atomic mass is 9.55. The molecule has 0 aromatic heterocycles. The van der Waals surface area contributed by atoms with Gasteiger partial charge in [-0.05, 0) is 66.2 Å². The summed E-state index contributed by atoms with van der Waals surface area (Å²) >= 11 is 0. The molecule has 2 saturated heterocycles. The first kappa shape index (κ1) is 30.9. The van der Waals surface area contributed by atoms with E-state index >= 15 is 0 Å². The molecule has 242 valence electrons. The number of ketones is 1. The van der Waals surface area contributed by atoms with Crippen LogP contribution in [-0.2, 0) is 41.4 Å². The number of carbonyl (C=O) groups excluding carboxylic acids is 2. The highest BCUT2D eigenvalue weighted by atomic mass is 16.9. The predicted octanol–water partition coefficient (Wildman–Crippen LogP) is 4.74. The molecule has 2 aliphatic heterocycles. The number of benzene rings is 2. The number of fused-ring (bicyclic) bond motifs is 2. The molecule has 7 rings (SSSR count). The quantitative estimate of drug-likeness (QED) is 0.315. The van der Waals surface area contributed by atoms with Crippen molar-refractivity contribution in [2.24, 2.45) is 17.8 Å². The Balaban J connectivity index is 1.27. The van der Waals surface area contributed by atoms with Gasteiger partial charge in [-0.15, -0.1) is 0 Å². The molecule has 2 aromatic carbocycles. The highest BCUT2D eigenvalue weighted by Crippen LogP contribution is 2.68. The van der Waals surface area contributed by atoms with Crippen molar-refractivity contribution in [3.8, 4) is 11.5 Å². The largest absolute Gasteiger partial charge is 0.508 e. The fourth-order valence-corrected chi connectivity index (χ4v) is 8.74. The summed E-state index contributed by atoms with van der Waals surface area (Å²) in [6.07, 6.45) is 4.06. The van der Waals surface area contributed by atoms with Crippen LogP contribution in [0.3, 0.4) is 0 Å². The van der Waals surface area contributed by atoms with Gasteiger partial charge in [0.1, 0.15) is 35.4 Å². The lowest BCUT2D eigenvalue weighted by molar-refractivity contribution is -0.421. The number of hydrogen-bond donors (Lipinski definition) is 2. The number of hydrogen-bond acceptors (Lipinski definition) is 9. The van der Waals surface area contributed by atoms with Crippen LogP contribution in [-0.4, -0.2) is 64.6 Å². The molecule has 0 radical (unpaired) electrons. The van der Waals surface area contributed by atoms with E-state index < -0.39 is 46.7 Å². The third-order valence-electron chi connectivity index (χ3n) is 10.7. The molecule has 0 amide bonds. The molecule has 9 heteroatoms. The molecule has 9 nitrogen and oxygen atoms in total. The van der Waals surface area contributed by atoms with E-state index in [4.69, 9.17) is 23.7 Å². The van der Waals surface area contributed by atoms with Crippen molar-refractivity contribution in [3.63, 3.8) is 0 Å². The molecule has 46 heavy (non-hydrogen) atoms. The number of aromatic hydroxyl groups is 1. The maximum absolute atomic E-state index is 13.8. The van der Waals surface area contributed by atoms with Gasteiger partial charge in [-0.2, -0.15) is 0 Å². The molecular formula is C37H40O9. The van der Waals surface area contributed by atoms with Crippen molar-refractivity contribution < 1.29 is 43.5 Å². The maximum atomic E-state index is 13.8. The highest BCUT2D eigenvalue weighted by molar-refractivity contribution is 6.04. The van der Waals surface area contributed by atoms with Crippen LogP contribution in [0.15, 0.2) is 84.0 Å². The smallest absolute Gasteiger partial charge is 0.310 e. The summed E-state index contributed by atoms with van der Waals surface area (Å²) in [5.74, 6) is -3.25. The molecule has 5 aliphatic rings. The zero-order valence-electron chi connectivity index (χ0n) is 26.6. The molecule has 8 atom stereocenters. The van der Waals surface area contributed by atoms with Gasteiger partial charge in [0.2, 0.25) is 0 Å². The van der Waals surface area contributed by atoms with Crippen LogP contribution in [0.25, 0.3) is 0 Å². The number of ether oxygens (including phenoxy) is 5. The third kappa shape index (κ3) is 4.51. The van der Waals surface area contributed by atoms with Crippen LogP contribution in [0, 0.1) is 17.8 Å². The molecule has 0 spiro atoms. The van der Waals surface area contributed by atoms with Crippen molar-refractivity contribution >= 4 is 11.8 Å². The first-order chi connectivity index (χ1) is 21.8. The number of methoxy groups -OCH3 is 1. The van der Waals surface area contributed by atoms with E-state index in [-0.39, 0.29) is 36.9 Å². The predicted molar refractivity (Wildman–Crippen MR) is 167 cm³/mol. The van der Waals surface area contributed by atoms with Crippen LogP contribution in [0.5, 0.6) is 11.5 Å².